The van der Waals surface area contributed by atoms with Crippen LogP contribution in [0.25, 0.3) is 0 Å². The highest BCUT2D eigenvalue weighted by atomic mass is 31.2. The second kappa shape index (κ2) is 5.96. The second-order valence-corrected chi connectivity index (χ2v) is 6.97. The Bertz CT molecular complexity index is 315. The van der Waals surface area contributed by atoms with Gasteiger partial charge in [0, 0.05) is 0 Å². The van der Waals surface area contributed by atoms with Crippen LogP contribution >= 0.6 is 7.60 Å². The van der Waals surface area contributed by atoms with Crippen molar-refractivity contribution in [2.75, 3.05) is 0 Å². The van der Waals surface area contributed by atoms with Crippen molar-refractivity contribution in [3.63, 3.8) is 0 Å². The van der Waals surface area contributed by atoms with Crippen LogP contribution < -0.4 is 11.1 Å². The molecule has 5 N–H and O–H groups in total. The number of nitrogens with one attached hydrogen (secondary N) is 1. The molecule has 0 aliphatic rings. The standard InChI is InChI=1S/C10H23N2O4P/c1-5-10(4,17(14,15)16)12-9(13)8(11)6-7(2)3/h7-8H,5-6,11H2,1-4H3,(H,12,13)(H2,14,15,16)/t8-,10?/m0/s1. The van der Waals surface area contributed by atoms with Gasteiger partial charge in [0.25, 0.3) is 0 Å². The third-order valence-electron chi connectivity index (χ3n) is 2.79. The van der Waals surface area contributed by atoms with E-state index in [4.69, 9.17) is 5.73 Å². The summed E-state index contributed by atoms with van der Waals surface area (Å²) in [6.07, 6.45) is 0.615. The van der Waals surface area contributed by atoms with E-state index < -0.39 is 24.8 Å². The normalized spacial score (nSPS) is 17.6. The molecule has 2 atom stereocenters. The van der Waals surface area contributed by atoms with E-state index in [9.17, 15) is 19.1 Å². The molecule has 0 saturated heterocycles. The first kappa shape index (κ1) is 16.6. The summed E-state index contributed by atoms with van der Waals surface area (Å²) in [5.74, 6) is -0.273. The summed E-state index contributed by atoms with van der Waals surface area (Å²) >= 11 is 0. The minimum absolute atomic E-state index is 0.136. The first-order chi connectivity index (χ1) is 7.53. The van der Waals surface area contributed by atoms with Gasteiger partial charge in [0.15, 0.2) is 0 Å². The third kappa shape index (κ3) is 4.76. The van der Waals surface area contributed by atoms with Gasteiger partial charge in [0.2, 0.25) is 5.91 Å². The van der Waals surface area contributed by atoms with Crippen LogP contribution in [0.4, 0.5) is 0 Å². The SMILES string of the molecule is CCC(C)(NC(=O)[C@@H](N)CC(C)C)P(=O)(O)O. The fourth-order valence-corrected chi connectivity index (χ4v) is 2.01. The van der Waals surface area contributed by atoms with Crippen molar-refractivity contribution in [1.29, 1.82) is 0 Å². The molecule has 0 fully saturated rings. The molecule has 0 bridgehead atoms. The van der Waals surface area contributed by atoms with E-state index in [1.807, 2.05) is 13.8 Å². The maximum Gasteiger partial charge on any atom is 0.350 e. The summed E-state index contributed by atoms with van der Waals surface area (Å²) in [6, 6.07) is -0.743. The Morgan fingerprint density at radius 3 is 2.24 bits per heavy atom. The Balaban J connectivity index is 4.71. The van der Waals surface area contributed by atoms with Gasteiger partial charge in [-0.3, -0.25) is 9.36 Å². The Morgan fingerprint density at radius 2 is 1.94 bits per heavy atom. The molecule has 1 amide bonds. The zero-order chi connectivity index (χ0) is 13.9. The Kier molecular flexibility index (Phi) is 5.81. The monoisotopic (exact) mass is 266 g/mol. The summed E-state index contributed by atoms with van der Waals surface area (Å²) in [6.45, 7) is 6.78. The lowest BCUT2D eigenvalue weighted by atomic mass is 10.0. The van der Waals surface area contributed by atoms with Crippen LogP contribution in [0.3, 0.4) is 0 Å². The Morgan fingerprint density at radius 1 is 1.47 bits per heavy atom. The highest BCUT2D eigenvalue weighted by Gasteiger charge is 2.42. The second-order valence-electron chi connectivity index (χ2n) is 4.90. The third-order valence-corrected chi connectivity index (χ3v) is 4.50. The van der Waals surface area contributed by atoms with Crippen molar-refractivity contribution in [3.8, 4) is 0 Å². The predicted molar refractivity (Wildman–Crippen MR) is 66.3 cm³/mol. The maximum absolute atomic E-state index is 11.7. The van der Waals surface area contributed by atoms with Crippen molar-refractivity contribution < 1.29 is 19.1 Å². The van der Waals surface area contributed by atoms with Gasteiger partial charge in [-0.1, -0.05) is 20.8 Å². The lowest BCUT2D eigenvalue weighted by molar-refractivity contribution is -0.123. The van der Waals surface area contributed by atoms with E-state index in [0.29, 0.717) is 6.42 Å². The number of hydrogen-bond acceptors (Lipinski definition) is 3. The van der Waals surface area contributed by atoms with Crippen LogP contribution in [-0.4, -0.2) is 27.0 Å². The summed E-state index contributed by atoms with van der Waals surface area (Å²) < 4.78 is 11.3. The van der Waals surface area contributed by atoms with Gasteiger partial charge in [-0.05, 0) is 25.7 Å². The molecule has 0 radical (unpaired) electrons. The number of carbonyl (C=O) groups excluding carboxylic acids is 1. The van der Waals surface area contributed by atoms with Gasteiger partial charge < -0.3 is 20.8 Å². The topological polar surface area (TPSA) is 113 Å². The van der Waals surface area contributed by atoms with Crippen molar-refractivity contribution in [2.24, 2.45) is 11.7 Å². The minimum Gasteiger partial charge on any atom is -0.338 e. The molecular formula is C10H23N2O4P. The zero-order valence-corrected chi connectivity index (χ0v) is 11.7. The molecule has 1 unspecified atom stereocenters. The number of hydrogen-bond donors (Lipinski definition) is 4. The molecule has 0 aromatic rings. The highest BCUT2D eigenvalue weighted by Crippen LogP contribution is 2.50. The highest BCUT2D eigenvalue weighted by molar-refractivity contribution is 7.53. The molecule has 102 valence electrons. The van der Waals surface area contributed by atoms with Crippen molar-refractivity contribution in [3.05, 3.63) is 0 Å². The molecule has 0 saturated carbocycles. The molecule has 0 heterocycles. The van der Waals surface area contributed by atoms with E-state index in [0.717, 1.165) is 0 Å². The van der Waals surface area contributed by atoms with Crippen molar-refractivity contribution in [1.82, 2.24) is 5.32 Å². The Labute approximate surface area is 102 Å². The summed E-state index contributed by atoms with van der Waals surface area (Å²) in [5, 5.41) is 0.818. The van der Waals surface area contributed by atoms with Crippen LogP contribution in [-0.2, 0) is 9.36 Å². The molecule has 0 aromatic heterocycles. The molecule has 7 heteroatoms. The van der Waals surface area contributed by atoms with Crippen LogP contribution in [0.2, 0.25) is 0 Å². The average Bonchev–Trinajstić information content (AvgIpc) is 2.14. The van der Waals surface area contributed by atoms with Crippen molar-refractivity contribution >= 4 is 13.5 Å². The first-order valence-corrected chi connectivity index (χ1v) is 7.28. The average molecular weight is 266 g/mol. The number of nitrogens with two attached hydrogens (primary N) is 1. The molecule has 0 aromatic carbocycles. The molecule has 0 aliphatic heterocycles. The van der Waals surface area contributed by atoms with E-state index in [1.54, 1.807) is 6.92 Å². The Hall–Kier alpha value is -0.420. The van der Waals surface area contributed by atoms with Crippen LogP contribution in [0, 0.1) is 5.92 Å². The predicted octanol–water partition coefficient (Wildman–Crippen LogP) is 0.780. The van der Waals surface area contributed by atoms with E-state index in [-0.39, 0.29) is 12.3 Å². The maximum atomic E-state index is 11.7. The summed E-state index contributed by atoms with van der Waals surface area (Å²) in [5.41, 5.74) is 5.66. The number of carbonyl (C=O) groups is 1. The van der Waals surface area contributed by atoms with Crippen LogP contribution in [0.15, 0.2) is 0 Å². The van der Waals surface area contributed by atoms with Crippen molar-refractivity contribution in [2.45, 2.75) is 51.9 Å². The molecule has 17 heavy (non-hydrogen) atoms. The lowest BCUT2D eigenvalue weighted by Gasteiger charge is -2.31. The van der Waals surface area contributed by atoms with E-state index >= 15 is 0 Å². The smallest absolute Gasteiger partial charge is 0.338 e. The lowest BCUT2D eigenvalue weighted by Crippen LogP contribution is -2.51. The molecular weight excluding hydrogens is 243 g/mol. The van der Waals surface area contributed by atoms with Gasteiger partial charge in [-0.2, -0.15) is 0 Å². The molecule has 0 spiro atoms. The van der Waals surface area contributed by atoms with Gasteiger partial charge in [-0.25, -0.2) is 0 Å². The van der Waals surface area contributed by atoms with Gasteiger partial charge in [0.1, 0.15) is 5.28 Å². The van der Waals surface area contributed by atoms with E-state index in [1.165, 1.54) is 6.92 Å². The quantitative estimate of drug-likeness (QED) is 0.531. The largest absolute Gasteiger partial charge is 0.350 e. The molecule has 6 nitrogen and oxygen atoms in total. The van der Waals surface area contributed by atoms with E-state index in [2.05, 4.69) is 5.32 Å². The van der Waals surface area contributed by atoms with Gasteiger partial charge in [-0.15, -0.1) is 0 Å². The fraction of sp³-hybridized carbons (Fsp3) is 0.900. The summed E-state index contributed by atoms with van der Waals surface area (Å²) in [7, 11) is -4.40. The zero-order valence-electron chi connectivity index (χ0n) is 10.8. The minimum atomic E-state index is -4.40. The van der Waals surface area contributed by atoms with Gasteiger partial charge in [0.05, 0.1) is 6.04 Å². The fourth-order valence-electron chi connectivity index (χ4n) is 1.34. The molecule has 0 rings (SSSR count). The number of amides is 1. The van der Waals surface area contributed by atoms with Gasteiger partial charge >= 0.3 is 7.60 Å². The van der Waals surface area contributed by atoms with Crippen LogP contribution in [0.1, 0.15) is 40.5 Å². The number of rotatable bonds is 6. The first-order valence-electron chi connectivity index (χ1n) is 5.66. The summed E-state index contributed by atoms with van der Waals surface area (Å²) in [4.78, 5) is 30.1. The van der Waals surface area contributed by atoms with Crippen LogP contribution in [0.5, 0.6) is 0 Å². The molecule has 0 aliphatic carbocycles.